The molecule has 1 aliphatic rings. The van der Waals surface area contributed by atoms with Gasteiger partial charge in [-0.25, -0.2) is 9.50 Å². The molecule has 0 aromatic carbocycles. The number of aromatic nitrogens is 3. The third-order valence-corrected chi connectivity index (χ3v) is 3.57. The van der Waals surface area contributed by atoms with Crippen molar-refractivity contribution in [2.45, 2.75) is 26.4 Å². The third kappa shape index (κ3) is 1.74. The van der Waals surface area contributed by atoms with E-state index in [4.69, 9.17) is 4.74 Å². The molecule has 0 radical (unpaired) electrons. The number of carbonyl (C=O) groups is 1. The van der Waals surface area contributed by atoms with E-state index in [1.807, 2.05) is 13.8 Å². The van der Waals surface area contributed by atoms with E-state index in [9.17, 15) is 9.59 Å². The lowest BCUT2D eigenvalue weighted by Gasteiger charge is -2.22. The molecule has 3 rings (SSSR count). The number of nitrogens with one attached hydrogen (secondary N) is 1. The standard InChI is InChI=1S/C13H16N4O3/c1-7-4-10-14-11-9(12(18)17(10)15-7)5-16(13(11)19)8(2)6-20-3/h4,8,15H,5-6H2,1-3H3/t8-/m0/s1. The Morgan fingerprint density at radius 1 is 1.50 bits per heavy atom. The zero-order chi connectivity index (χ0) is 14.4. The van der Waals surface area contributed by atoms with Crippen molar-refractivity contribution in [2.75, 3.05) is 13.7 Å². The second-order valence-electron chi connectivity index (χ2n) is 5.11. The van der Waals surface area contributed by atoms with Crippen LogP contribution in [0.15, 0.2) is 10.9 Å². The van der Waals surface area contributed by atoms with Crippen molar-refractivity contribution < 1.29 is 9.53 Å². The number of H-pyrrole nitrogens is 1. The molecule has 106 valence electrons. The van der Waals surface area contributed by atoms with E-state index in [0.29, 0.717) is 17.8 Å². The first kappa shape index (κ1) is 12.9. The highest BCUT2D eigenvalue weighted by molar-refractivity contribution is 5.97. The van der Waals surface area contributed by atoms with Gasteiger partial charge in [0.1, 0.15) is 5.69 Å². The van der Waals surface area contributed by atoms with Crippen LogP contribution in [0.5, 0.6) is 0 Å². The summed E-state index contributed by atoms with van der Waals surface area (Å²) in [5, 5.41) is 2.93. The number of carbonyl (C=O) groups excluding carboxylic acids is 1. The van der Waals surface area contributed by atoms with E-state index >= 15 is 0 Å². The van der Waals surface area contributed by atoms with E-state index in [2.05, 4.69) is 10.1 Å². The van der Waals surface area contributed by atoms with Crippen molar-refractivity contribution in [1.29, 1.82) is 0 Å². The predicted molar refractivity (Wildman–Crippen MR) is 71.8 cm³/mol. The fourth-order valence-electron chi connectivity index (χ4n) is 2.56. The molecular formula is C13H16N4O3. The lowest BCUT2D eigenvalue weighted by Crippen LogP contribution is -2.36. The maximum absolute atomic E-state index is 12.4. The summed E-state index contributed by atoms with van der Waals surface area (Å²) in [4.78, 5) is 30.7. The van der Waals surface area contributed by atoms with Crippen molar-refractivity contribution >= 4 is 11.6 Å². The maximum Gasteiger partial charge on any atom is 0.278 e. The largest absolute Gasteiger partial charge is 0.383 e. The molecule has 7 nitrogen and oxygen atoms in total. The second-order valence-corrected chi connectivity index (χ2v) is 5.11. The molecule has 1 atom stereocenters. The van der Waals surface area contributed by atoms with Gasteiger partial charge in [-0.1, -0.05) is 0 Å². The number of fused-ring (bicyclic) bond motifs is 2. The van der Waals surface area contributed by atoms with Gasteiger partial charge >= 0.3 is 0 Å². The van der Waals surface area contributed by atoms with Gasteiger partial charge in [0.15, 0.2) is 5.65 Å². The Hall–Kier alpha value is -2.15. The summed E-state index contributed by atoms with van der Waals surface area (Å²) >= 11 is 0. The van der Waals surface area contributed by atoms with E-state index in [1.54, 1.807) is 18.1 Å². The van der Waals surface area contributed by atoms with Crippen molar-refractivity contribution in [3.8, 4) is 0 Å². The molecule has 0 aliphatic carbocycles. The summed E-state index contributed by atoms with van der Waals surface area (Å²) in [5.74, 6) is -0.206. The van der Waals surface area contributed by atoms with E-state index in [-0.39, 0.29) is 29.7 Å². The van der Waals surface area contributed by atoms with Crippen molar-refractivity contribution in [1.82, 2.24) is 19.5 Å². The van der Waals surface area contributed by atoms with Gasteiger partial charge in [-0.2, -0.15) is 0 Å². The number of ether oxygens (including phenoxy) is 1. The smallest absolute Gasteiger partial charge is 0.278 e. The van der Waals surface area contributed by atoms with Crippen LogP contribution in [-0.2, 0) is 11.3 Å². The quantitative estimate of drug-likeness (QED) is 0.875. The van der Waals surface area contributed by atoms with Crippen molar-refractivity contribution in [3.05, 3.63) is 33.4 Å². The number of aromatic amines is 1. The molecule has 20 heavy (non-hydrogen) atoms. The van der Waals surface area contributed by atoms with Gasteiger partial charge in [0.05, 0.1) is 24.8 Å². The van der Waals surface area contributed by atoms with Crippen LogP contribution in [0.1, 0.15) is 28.7 Å². The molecule has 0 unspecified atom stereocenters. The van der Waals surface area contributed by atoms with Gasteiger partial charge in [-0.3, -0.25) is 14.7 Å². The van der Waals surface area contributed by atoms with Gasteiger partial charge in [-0.05, 0) is 13.8 Å². The highest BCUT2D eigenvalue weighted by atomic mass is 16.5. The molecule has 0 saturated carbocycles. The fourth-order valence-corrected chi connectivity index (χ4v) is 2.56. The molecule has 2 aromatic rings. The average Bonchev–Trinajstić information content (AvgIpc) is 2.92. The first-order chi connectivity index (χ1) is 9.52. The number of aryl methyl sites for hydroxylation is 1. The van der Waals surface area contributed by atoms with Crippen LogP contribution in [0, 0.1) is 6.92 Å². The molecule has 1 aliphatic heterocycles. The second kappa shape index (κ2) is 4.45. The van der Waals surface area contributed by atoms with Crippen molar-refractivity contribution in [3.63, 3.8) is 0 Å². The molecule has 2 aromatic heterocycles. The van der Waals surface area contributed by atoms with Crippen LogP contribution >= 0.6 is 0 Å². The summed E-state index contributed by atoms with van der Waals surface area (Å²) < 4.78 is 6.45. The number of hydrogen-bond acceptors (Lipinski definition) is 4. The number of amides is 1. The molecule has 0 spiro atoms. The molecule has 0 fully saturated rings. The molecule has 1 N–H and O–H groups in total. The van der Waals surface area contributed by atoms with E-state index < -0.39 is 0 Å². The summed E-state index contributed by atoms with van der Waals surface area (Å²) in [6.45, 7) is 4.44. The minimum absolute atomic E-state index is 0.0915. The van der Waals surface area contributed by atoms with Gasteiger partial charge in [0, 0.05) is 18.9 Å². The fraction of sp³-hybridized carbons (Fsp3) is 0.462. The van der Waals surface area contributed by atoms with Crippen LogP contribution in [0.4, 0.5) is 0 Å². The lowest BCUT2D eigenvalue weighted by atomic mass is 10.2. The molecule has 7 heteroatoms. The Kier molecular flexibility index (Phi) is 2.86. The maximum atomic E-state index is 12.4. The van der Waals surface area contributed by atoms with Gasteiger partial charge in [0.25, 0.3) is 11.5 Å². The number of nitrogens with zero attached hydrogens (tertiary/aromatic N) is 3. The minimum Gasteiger partial charge on any atom is -0.383 e. The first-order valence-electron chi connectivity index (χ1n) is 6.44. The van der Waals surface area contributed by atoms with Crippen LogP contribution in [0.2, 0.25) is 0 Å². The zero-order valence-corrected chi connectivity index (χ0v) is 11.6. The van der Waals surface area contributed by atoms with Gasteiger partial charge in [-0.15, -0.1) is 0 Å². The highest BCUT2D eigenvalue weighted by Gasteiger charge is 2.35. The Morgan fingerprint density at radius 3 is 2.95 bits per heavy atom. The third-order valence-electron chi connectivity index (χ3n) is 3.57. The van der Waals surface area contributed by atoms with Crippen molar-refractivity contribution in [2.24, 2.45) is 0 Å². The topological polar surface area (TPSA) is 79.7 Å². The van der Waals surface area contributed by atoms with Gasteiger partial charge in [0.2, 0.25) is 0 Å². The van der Waals surface area contributed by atoms with Crippen LogP contribution < -0.4 is 5.56 Å². The minimum atomic E-state index is -0.210. The molecule has 0 bridgehead atoms. The predicted octanol–water partition coefficient (Wildman–Crippen LogP) is 0.322. The normalized spacial score (nSPS) is 15.9. The summed E-state index contributed by atoms with van der Waals surface area (Å²) in [6, 6.07) is 1.65. The molecule has 1 amide bonds. The zero-order valence-electron chi connectivity index (χ0n) is 11.6. The number of methoxy groups -OCH3 is 1. The molecular weight excluding hydrogens is 260 g/mol. The summed E-state index contributed by atoms with van der Waals surface area (Å²) in [5.41, 5.74) is 1.80. The number of rotatable bonds is 3. The van der Waals surface area contributed by atoms with E-state index in [1.165, 1.54) is 4.52 Å². The first-order valence-corrected chi connectivity index (χ1v) is 6.44. The molecule has 3 heterocycles. The summed E-state index contributed by atoms with van der Waals surface area (Å²) in [7, 11) is 1.59. The average molecular weight is 276 g/mol. The van der Waals surface area contributed by atoms with Crippen LogP contribution in [0.3, 0.4) is 0 Å². The highest BCUT2D eigenvalue weighted by Crippen LogP contribution is 2.21. The van der Waals surface area contributed by atoms with E-state index in [0.717, 1.165) is 5.69 Å². The monoisotopic (exact) mass is 276 g/mol. The Balaban J connectivity index is 2.10. The number of hydrogen-bond donors (Lipinski definition) is 1. The van der Waals surface area contributed by atoms with Crippen LogP contribution in [-0.4, -0.2) is 45.2 Å². The van der Waals surface area contributed by atoms with Crippen LogP contribution in [0.25, 0.3) is 5.65 Å². The molecule has 0 saturated heterocycles. The SMILES string of the molecule is COC[C@H](C)N1Cc2c(nc3cc(C)[nH]n3c2=O)C1=O. The Bertz CT molecular complexity index is 746. The summed E-state index contributed by atoms with van der Waals surface area (Å²) in [6.07, 6.45) is 0. The Morgan fingerprint density at radius 2 is 2.25 bits per heavy atom. The van der Waals surface area contributed by atoms with Gasteiger partial charge < -0.3 is 9.64 Å². The Labute approximate surface area is 115 Å². The lowest BCUT2D eigenvalue weighted by molar-refractivity contribution is 0.0584.